The van der Waals surface area contributed by atoms with Crippen molar-refractivity contribution in [1.29, 1.82) is 0 Å². The summed E-state index contributed by atoms with van der Waals surface area (Å²) < 4.78 is 11.3. The molecule has 0 unspecified atom stereocenters. The van der Waals surface area contributed by atoms with Gasteiger partial charge in [0.2, 0.25) is 5.91 Å². The third-order valence-electron chi connectivity index (χ3n) is 4.78. The molecule has 1 aromatic rings. The quantitative estimate of drug-likeness (QED) is 0.831. The molecule has 1 saturated carbocycles. The number of rotatable bonds is 5. The average molecular weight is 345 g/mol. The molecule has 2 heterocycles. The Hall–Kier alpha value is -1.96. The van der Waals surface area contributed by atoms with Gasteiger partial charge in [-0.05, 0) is 31.0 Å². The number of hydrogen-bond acceptors (Lipinski definition) is 5. The number of anilines is 1. The Morgan fingerprint density at radius 2 is 2.04 bits per heavy atom. The van der Waals surface area contributed by atoms with Gasteiger partial charge in [0, 0.05) is 30.3 Å². The van der Waals surface area contributed by atoms with Crippen molar-refractivity contribution in [1.82, 2.24) is 10.2 Å². The van der Waals surface area contributed by atoms with Gasteiger partial charge in [0.15, 0.2) is 5.79 Å². The van der Waals surface area contributed by atoms with E-state index in [1.807, 2.05) is 4.90 Å². The molecule has 1 aromatic carbocycles. The first kappa shape index (κ1) is 16.5. The highest BCUT2D eigenvalue weighted by atomic mass is 16.7. The fraction of sp³-hybridized carbons (Fsp3) is 0.556. The minimum Gasteiger partial charge on any atom is -0.349 e. The molecule has 134 valence electrons. The Bertz CT molecular complexity index is 668. The highest BCUT2D eigenvalue weighted by molar-refractivity contribution is 5.97. The van der Waals surface area contributed by atoms with E-state index in [0.29, 0.717) is 37.1 Å². The summed E-state index contributed by atoms with van der Waals surface area (Å²) in [5, 5.41) is 5.82. The van der Waals surface area contributed by atoms with Gasteiger partial charge in [-0.3, -0.25) is 14.5 Å². The predicted molar refractivity (Wildman–Crippen MR) is 91.3 cm³/mol. The van der Waals surface area contributed by atoms with E-state index < -0.39 is 5.79 Å². The highest BCUT2D eigenvalue weighted by Gasteiger charge is 2.43. The fourth-order valence-corrected chi connectivity index (χ4v) is 3.33. The molecular weight excluding hydrogens is 322 g/mol. The van der Waals surface area contributed by atoms with Crippen molar-refractivity contribution in [3.63, 3.8) is 0 Å². The summed E-state index contributed by atoms with van der Waals surface area (Å²) in [5.74, 6) is -0.702. The molecular formula is C18H23N3O4. The number of hydrogen-bond donors (Lipinski definition) is 2. The van der Waals surface area contributed by atoms with Crippen molar-refractivity contribution in [2.75, 3.05) is 38.2 Å². The zero-order chi connectivity index (χ0) is 17.3. The first-order valence-electron chi connectivity index (χ1n) is 8.83. The van der Waals surface area contributed by atoms with E-state index in [1.54, 1.807) is 24.3 Å². The molecule has 2 saturated heterocycles. The number of nitrogens with one attached hydrogen (secondary N) is 2. The molecule has 25 heavy (non-hydrogen) atoms. The molecule has 0 bridgehead atoms. The number of ether oxygens (including phenoxy) is 2. The molecule has 2 amide bonds. The summed E-state index contributed by atoms with van der Waals surface area (Å²) in [6, 6.07) is 7.35. The number of amides is 2. The highest BCUT2D eigenvalue weighted by Crippen LogP contribution is 2.30. The Kier molecular flexibility index (Phi) is 4.45. The molecule has 1 spiro atoms. The molecule has 3 aliphatic rings. The largest absolute Gasteiger partial charge is 0.349 e. The van der Waals surface area contributed by atoms with Crippen LogP contribution in [0.3, 0.4) is 0 Å². The lowest BCUT2D eigenvalue weighted by Crippen LogP contribution is -2.37. The second-order valence-electron chi connectivity index (χ2n) is 6.94. The third kappa shape index (κ3) is 4.00. The Balaban J connectivity index is 1.31. The van der Waals surface area contributed by atoms with Gasteiger partial charge < -0.3 is 20.1 Å². The monoisotopic (exact) mass is 345 g/mol. The number of nitrogens with zero attached hydrogens (tertiary/aromatic N) is 1. The third-order valence-corrected chi connectivity index (χ3v) is 4.78. The molecule has 7 nitrogen and oxygen atoms in total. The second kappa shape index (κ2) is 6.74. The lowest BCUT2D eigenvalue weighted by molar-refractivity contribution is -0.145. The van der Waals surface area contributed by atoms with Gasteiger partial charge >= 0.3 is 0 Å². The number of carbonyl (C=O) groups excluding carboxylic acids is 2. The van der Waals surface area contributed by atoms with Crippen LogP contribution in [0, 0.1) is 0 Å². The lowest BCUT2D eigenvalue weighted by atomic mass is 10.2. The van der Waals surface area contributed by atoms with Crippen LogP contribution < -0.4 is 10.6 Å². The Morgan fingerprint density at radius 1 is 1.24 bits per heavy atom. The van der Waals surface area contributed by atoms with Crippen molar-refractivity contribution < 1.29 is 19.1 Å². The molecule has 2 N–H and O–H groups in total. The van der Waals surface area contributed by atoms with Gasteiger partial charge in [-0.25, -0.2) is 0 Å². The second-order valence-corrected chi connectivity index (χ2v) is 6.94. The zero-order valence-electron chi connectivity index (χ0n) is 14.1. The molecule has 2 aliphatic heterocycles. The molecule has 0 radical (unpaired) electrons. The maximum absolute atomic E-state index is 12.3. The first-order valence-corrected chi connectivity index (χ1v) is 8.83. The smallest absolute Gasteiger partial charge is 0.251 e. The van der Waals surface area contributed by atoms with Crippen LogP contribution in [0.15, 0.2) is 24.3 Å². The summed E-state index contributed by atoms with van der Waals surface area (Å²) in [6.45, 7) is 2.92. The maximum Gasteiger partial charge on any atom is 0.251 e. The molecule has 0 atom stereocenters. The van der Waals surface area contributed by atoms with Crippen LogP contribution in [0.25, 0.3) is 0 Å². The van der Waals surface area contributed by atoms with Gasteiger partial charge in [-0.2, -0.15) is 0 Å². The van der Waals surface area contributed by atoms with Crippen molar-refractivity contribution in [3.8, 4) is 0 Å². The molecule has 1 aliphatic carbocycles. The Morgan fingerprint density at radius 3 is 2.80 bits per heavy atom. The normalized spacial score (nSPS) is 22.2. The summed E-state index contributed by atoms with van der Waals surface area (Å²) in [7, 11) is 0. The molecule has 4 rings (SSSR count). The SMILES string of the molecule is O=C(CN1CCC2(C1)OCCO2)Nc1cccc(C(=O)NC2CC2)c1. The summed E-state index contributed by atoms with van der Waals surface area (Å²) in [6.07, 6.45) is 2.89. The zero-order valence-corrected chi connectivity index (χ0v) is 14.1. The van der Waals surface area contributed by atoms with Crippen molar-refractivity contribution in [2.24, 2.45) is 0 Å². The van der Waals surface area contributed by atoms with Gasteiger partial charge in [-0.1, -0.05) is 6.07 Å². The molecule has 3 fully saturated rings. The standard InChI is InChI=1S/C18H23N3O4/c22-16(11-21-7-6-18(12-21)24-8-9-25-18)19-15-3-1-2-13(10-15)17(23)20-14-4-5-14/h1-3,10,14H,4-9,11-12H2,(H,19,22)(H,20,23). The fourth-order valence-electron chi connectivity index (χ4n) is 3.33. The van der Waals surface area contributed by atoms with E-state index >= 15 is 0 Å². The summed E-state index contributed by atoms with van der Waals surface area (Å²) in [5.41, 5.74) is 1.20. The Labute approximate surface area is 146 Å². The van der Waals surface area contributed by atoms with E-state index in [-0.39, 0.29) is 18.4 Å². The predicted octanol–water partition coefficient (Wildman–Crippen LogP) is 0.966. The van der Waals surface area contributed by atoms with Gasteiger partial charge in [-0.15, -0.1) is 0 Å². The van der Waals surface area contributed by atoms with Crippen LogP contribution >= 0.6 is 0 Å². The minimum atomic E-state index is -0.513. The van der Waals surface area contributed by atoms with Crippen molar-refractivity contribution in [2.45, 2.75) is 31.1 Å². The van der Waals surface area contributed by atoms with Crippen molar-refractivity contribution in [3.05, 3.63) is 29.8 Å². The molecule has 7 heteroatoms. The van der Waals surface area contributed by atoms with Crippen molar-refractivity contribution >= 4 is 17.5 Å². The minimum absolute atomic E-state index is 0.0874. The van der Waals surface area contributed by atoms with E-state index in [1.165, 1.54) is 0 Å². The summed E-state index contributed by atoms with van der Waals surface area (Å²) >= 11 is 0. The van der Waals surface area contributed by atoms with E-state index in [9.17, 15) is 9.59 Å². The number of carbonyl (C=O) groups is 2. The summed E-state index contributed by atoms with van der Waals surface area (Å²) in [4.78, 5) is 26.4. The number of likely N-dealkylation sites (tertiary alicyclic amines) is 1. The topological polar surface area (TPSA) is 79.9 Å². The van der Waals surface area contributed by atoms with Crippen LogP contribution in [0.2, 0.25) is 0 Å². The van der Waals surface area contributed by atoms with Crippen LogP contribution in [0.4, 0.5) is 5.69 Å². The van der Waals surface area contributed by atoms with Crippen LogP contribution in [-0.2, 0) is 14.3 Å². The van der Waals surface area contributed by atoms with Gasteiger partial charge in [0.05, 0.1) is 26.3 Å². The van der Waals surface area contributed by atoms with Gasteiger partial charge in [0.1, 0.15) is 0 Å². The average Bonchev–Trinajstić information content (AvgIpc) is 3.15. The maximum atomic E-state index is 12.3. The van der Waals surface area contributed by atoms with Crippen LogP contribution in [-0.4, -0.2) is 61.4 Å². The van der Waals surface area contributed by atoms with E-state index in [4.69, 9.17) is 9.47 Å². The van der Waals surface area contributed by atoms with E-state index in [0.717, 1.165) is 25.8 Å². The van der Waals surface area contributed by atoms with E-state index in [2.05, 4.69) is 10.6 Å². The van der Waals surface area contributed by atoms with Crippen LogP contribution in [0.1, 0.15) is 29.6 Å². The van der Waals surface area contributed by atoms with Gasteiger partial charge in [0.25, 0.3) is 5.91 Å². The van der Waals surface area contributed by atoms with Crippen LogP contribution in [0.5, 0.6) is 0 Å². The first-order chi connectivity index (χ1) is 12.1. The number of benzene rings is 1. The molecule has 0 aromatic heterocycles. The lowest BCUT2D eigenvalue weighted by Gasteiger charge is -2.22.